The molecule has 1 aliphatic heterocycles. The molecule has 0 radical (unpaired) electrons. The summed E-state index contributed by atoms with van der Waals surface area (Å²) in [6, 6.07) is 10.0. The van der Waals surface area contributed by atoms with E-state index < -0.39 is 5.97 Å². The van der Waals surface area contributed by atoms with E-state index in [1.54, 1.807) is 0 Å². The summed E-state index contributed by atoms with van der Waals surface area (Å²) in [4.78, 5) is 11.0. The fourth-order valence-electron chi connectivity index (χ4n) is 2.25. The Kier molecular flexibility index (Phi) is 4.66. The van der Waals surface area contributed by atoms with Crippen molar-refractivity contribution in [1.82, 2.24) is 5.32 Å². The van der Waals surface area contributed by atoms with Gasteiger partial charge in [-0.05, 0) is 30.1 Å². The highest BCUT2D eigenvalue weighted by Crippen LogP contribution is 2.28. The van der Waals surface area contributed by atoms with Crippen LogP contribution >= 0.6 is 11.8 Å². The van der Waals surface area contributed by atoms with Crippen LogP contribution in [-0.4, -0.2) is 28.2 Å². The summed E-state index contributed by atoms with van der Waals surface area (Å²) in [5.41, 5.74) is 1.32. The van der Waals surface area contributed by atoms with Gasteiger partial charge in [-0.2, -0.15) is 0 Å². The second-order valence-corrected chi connectivity index (χ2v) is 6.06. The Hall–Kier alpha value is -1.00. The van der Waals surface area contributed by atoms with Crippen LogP contribution in [0.1, 0.15) is 31.2 Å². The lowest BCUT2D eigenvalue weighted by atomic mass is 9.97. The smallest absolute Gasteiger partial charge is 0.320 e. The molecule has 18 heavy (non-hydrogen) atoms. The van der Waals surface area contributed by atoms with Gasteiger partial charge in [0.15, 0.2) is 0 Å². The molecule has 1 saturated heterocycles. The number of carbonyl (C=O) groups is 1. The SMILES string of the molecule is CC(CC1NC(C(=O)O)CCS1)c1ccccc1. The molecular weight excluding hydrogens is 246 g/mol. The van der Waals surface area contributed by atoms with E-state index in [-0.39, 0.29) is 11.4 Å². The van der Waals surface area contributed by atoms with Crippen LogP contribution in [0.25, 0.3) is 0 Å². The summed E-state index contributed by atoms with van der Waals surface area (Å²) in [5.74, 6) is 0.646. The van der Waals surface area contributed by atoms with Gasteiger partial charge < -0.3 is 5.11 Å². The number of rotatable bonds is 4. The predicted octanol–water partition coefficient (Wildman–Crippen LogP) is 2.69. The average molecular weight is 265 g/mol. The summed E-state index contributed by atoms with van der Waals surface area (Å²) >= 11 is 1.83. The number of carboxylic acids is 1. The van der Waals surface area contributed by atoms with E-state index >= 15 is 0 Å². The molecule has 1 aromatic carbocycles. The molecule has 0 aromatic heterocycles. The molecule has 0 bridgehead atoms. The van der Waals surface area contributed by atoms with Crippen LogP contribution in [0.15, 0.2) is 30.3 Å². The molecule has 1 fully saturated rings. The molecule has 1 heterocycles. The molecule has 0 aliphatic carbocycles. The molecule has 3 nitrogen and oxygen atoms in total. The van der Waals surface area contributed by atoms with Gasteiger partial charge in [0, 0.05) is 0 Å². The van der Waals surface area contributed by atoms with Gasteiger partial charge in [0.2, 0.25) is 0 Å². The van der Waals surface area contributed by atoms with Crippen molar-refractivity contribution in [2.24, 2.45) is 0 Å². The molecule has 1 aliphatic rings. The zero-order valence-electron chi connectivity index (χ0n) is 10.5. The number of thioether (sulfide) groups is 1. The van der Waals surface area contributed by atoms with Gasteiger partial charge in [-0.3, -0.25) is 10.1 Å². The van der Waals surface area contributed by atoms with E-state index in [4.69, 9.17) is 5.11 Å². The van der Waals surface area contributed by atoms with Crippen LogP contribution in [0.4, 0.5) is 0 Å². The first-order valence-electron chi connectivity index (χ1n) is 6.32. The van der Waals surface area contributed by atoms with Crippen molar-refractivity contribution in [3.8, 4) is 0 Å². The van der Waals surface area contributed by atoms with E-state index in [0.717, 1.165) is 18.6 Å². The van der Waals surface area contributed by atoms with E-state index in [1.807, 2.05) is 30.0 Å². The Labute approximate surface area is 112 Å². The normalized spacial score (nSPS) is 25.6. The van der Waals surface area contributed by atoms with E-state index in [0.29, 0.717) is 5.92 Å². The first kappa shape index (κ1) is 13.4. The number of carboxylic acid groups (broad SMARTS) is 1. The largest absolute Gasteiger partial charge is 0.480 e. The molecule has 0 amide bonds. The Morgan fingerprint density at radius 2 is 2.22 bits per heavy atom. The molecule has 3 unspecified atom stereocenters. The zero-order valence-corrected chi connectivity index (χ0v) is 11.3. The van der Waals surface area contributed by atoms with E-state index in [1.165, 1.54) is 5.56 Å². The molecule has 2 N–H and O–H groups in total. The maximum Gasteiger partial charge on any atom is 0.320 e. The van der Waals surface area contributed by atoms with Crippen LogP contribution in [0.2, 0.25) is 0 Å². The van der Waals surface area contributed by atoms with Crippen LogP contribution in [0.5, 0.6) is 0 Å². The lowest BCUT2D eigenvalue weighted by molar-refractivity contribution is -0.139. The summed E-state index contributed by atoms with van der Waals surface area (Å²) in [6.07, 6.45) is 1.69. The Bertz CT molecular complexity index is 396. The van der Waals surface area contributed by atoms with Crippen LogP contribution in [0.3, 0.4) is 0 Å². The topological polar surface area (TPSA) is 49.3 Å². The Morgan fingerprint density at radius 1 is 1.50 bits per heavy atom. The zero-order chi connectivity index (χ0) is 13.0. The Balaban J connectivity index is 1.91. The highest BCUT2D eigenvalue weighted by molar-refractivity contribution is 7.99. The molecular formula is C14H19NO2S. The van der Waals surface area contributed by atoms with Crippen molar-refractivity contribution < 1.29 is 9.90 Å². The van der Waals surface area contributed by atoms with Crippen molar-refractivity contribution in [2.45, 2.75) is 37.1 Å². The lowest BCUT2D eigenvalue weighted by Gasteiger charge is -2.30. The molecule has 0 saturated carbocycles. The molecule has 3 atom stereocenters. The van der Waals surface area contributed by atoms with E-state index in [9.17, 15) is 4.79 Å². The Morgan fingerprint density at radius 3 is 2.89 bits per heavy atom. The van der Waals surface area contributed by atoms with Gasteiger partial charge in [-0.1, -0.05) is 37.3 Å². The number of nitrogens with one attached hydrogen (secondary N) is 1. The molecule has 1 aromatic rings. The minimum absolute atomic E-state index is 0.245. The first-order valence-corrected chi connectivity index (χ1v) is 7.37. The number of benzene rings is 1. The number of aliphatic carboxylic acids is 1. The molecule has 0 spiro atoms. The molecule has 4 heteroatoms. The number of hydrogen-bond donors (Lipinski definition) is 2. The maximum atomic E-state index is 11.0. The lowest BCUT2D eigenvalue weighted by Crippen LogP contribution is -2.46. The quantitative estimate of drug-likeness (QED) is 0.879. The van der Waals surface area contributed by atoms with Crippen molar-refractivity contribution in [1.29, 1.82) is 0 Å². The van der Waals surface area contributed by atoms with Gasteiger partial charge in [-0.15, -0.1) is 11.8 Å². The minimum atomic E-state index is -0.729. The fraction of sp³-hybridized carbons (Fsp3) is 0.500. The fourth-order valence-corrected chi connectivity index (χ4v) is 3.60. The van der Waals surface area contributed by atoms with Crippen molar-refractivity contribution >= 4 is 17.7 Å². The highest BCUT2D eigenvalue weighted by Gasteiger charge is 2.27. The van der Waals surface area contributed by atoms with Crippen molar-refractivity contribution in [3.05, 3.63) is 35.9 Å². The first-order chi connectivity index (χ1) is 8.66. The highest BCUT2D eigenvalue weighted by atomic mass is 32.2. The minimum Gasteiger partial charge on any atom is -0.480 e. The maximum absolute atomic E-state index is 11.0. The van der Waals surface area contributed by atoms with Gasteiger partial charge in [-0.25, -0.2) is 0 Å². The third-order valence-electron chi connectivity index (χ3n) is 3.35. The summed E-state index contributed by atoms with van der Waals surface area (Å²) in [6.45, 7) is 2.20. The molecule has 98 valence electrons. The standard InChI is InChI=1S/C14H19NO2S/c1-10(11-5-3-2-4-6-11)9-13-15-12(14(16)17)7-8-18-13/h2-6,10,12-13,15H,7-9H2,1H3,(H,16,17). The summed E-state index contributed by atoms with van der Waals surface area (Å²) < 4.78 is 0. The summed E-state index contributed by atoms with van der Waals surface area (Å²) in [5, 5.41) is 12.5. The van der Waals surface area contributed by atoms with E-state index in [2.05, 4.69) is 24.4 Å². The predicted molar refractivity (Wildman–Crippen MR) is 74.9 cm³/mol. The van der Waals surface area contributed by atoms with Crippen LogP contribution in [0, 0.1) is 0 Å². The van der Waals surface area contributed by atoms with Crippen LogP contribution < -0.4 is 5.32 Å². The molecule has 2 rings (SSSR count). The third kappa shape index (κ3) is 3.50. The second kappa shape index (κ2) is 6.25. The van der Waals surface area contributed by atoms with Crippen molar-refractivity contribution in [2.75, 3.05) is 5.75 Å². The van der Waals surface area contributed by atoms with Gasteiger partial charge in [0.05, 0.1) is 5.37 Å². The van der Waals surface area contributed by atoms with Gasteiger partial charge in [0.1, 0.15) is 6.04 Å². The van der Waals surface area contributed by atoms with Crippen LogP contribution in [-0.2, 0) is 4.79 Å². The van der Waals surface area contributed by atoms with Gasteiger partial charge in [0.25, 0.3) is 0 Å². The second-order valence-electron chi connectivity index (χ2n) is 4.75. The third-order valence-corrected chi connectivity index (χ3v) is 4.55. The monoisotopic (exact) mass is 265 g/mol. The number of hydrogen-bond acceptors (Lipinski definition) is 3. The van der Waals surface area contributed by atoms with Crippen molar-refractivity contribution in [3.63, 3.8) is 0 Å². The summed E-state index contributed by atoms with van der Waals surface area (Å²) in [7, 11) is 0. The van der Waals surface area contributed by atoms with Gasteiger partial charge >= 0.3 is 5.97 Å². The average Bonchev–Trinajstić information content (AvgIpc) is 2.40.